The summed E-state index contributed by atoms with van der Waals surface area (Å²) in [5.41, 5.74) is 0.767. The molecule has 4 aliphatic rings. The highest BCUT2D eigenvalue weighted by atomic mass is 16.7. The van der Waals surface area contributed by atoms with Crippen molar-refractivity contribution in [3.05, 3.63) is 12.2 Å². The third kappa shape index (κ3) is 1.40. The Hall–Kier alpha value is -1.16. The van der Waals surface area contributed by atoms with Gasteiger partial charge in [-0.15, -0.1) is 0 Å². The van der Waals surface area contributed by atoms with Gasteiger partial charge in [-0.1, -0.05) is 6.58 Å². The van der Waals surface area contributed by atoms with Gasteiger partial charge in [0.1, 0.15) is 5.78 Å². The molecule has 4 fully saturated rings. The molecule has 1 spiro atoms. The second-order valence-corrected chi connectivity index (χ2v) is 7.08. The number of fused-ring (bicyclic) bond motifs is 2. The summed E-state index contributed by atoms with van der Waals surface area (Å²) in [6.07, 6.45) is 4.38. The van der Waals surface area contributed by atoms with Gasteiger partial charge in [0.2, 0.25) is 0 Å². The number of hydrogen-bond acceptors (Lipinski definition) is 4. The molecule has 0 heterocycles. The van der Waals surface area contributed by atoms with E-state index >= 15 is 0 Å². The summed E-state index contributed by atoms with van der Waals surface area (Å²) >= 11 is 0. The van der Waals surface area contributed by atoms with Gasteiger partial charge < -0.3 is 9.47 Å². The Balaban J connectivity index is 1.44. The Morgan fingerprint density at radius 2 is 2.20 bits per heavy atom. The smallest absolute Gasteiger partial charge is 0.335 e. The molecule has 6 atom stereocenters. The zero-order valence-electron chi connectivity index (χ0n) is 11.8. The van der Waals surface area contributed by atoms with Crippen LogP contribution in [0.5, 0.6) is 0 Å². The second-order valence-electron chi connectivity index (χ2n) is 7.08. The van der Waals surface area contributed by atoms with Crippen molar-refractivity contribution in [1.29, 1.82) is 0 Å². The normalized spacial score (nSPS) is 47.0. The Labute approximate surface area is 118 Å². The van der Waals surface area contributed by atoms with Crippen LogP contribution in [0.3, 0.4) is 0 Å². The minimum atomic E-state index is -0.427. The van der Waals surface area contributed by atoms with E-state index in [9.17, 15) is 9.59 Å². The van der Waals surface area contributed by atoms with Crippen LogP contribution in [0, 0.1) is 29.1 Å². The molecule has 4 heteroatoms. The van der Waals surface area contributed by atoms with E-state index in [0.717, 1.165) is 25.2 Å². The lowest BCUT2D eigenvalue weighted by Crippen LogP contribution is -2.46. The van der Waals surface area contributed by atoms with Crippen LogP contribution in [-0.4, -0.2) is 24.6 Å². The molecule has 4 aliphatic carbocycles. The van der Waals surface area contributed by atoms with E-state index in [1.807, 2.05) is 0 Å². The lowest BCUT2D eigenvalue weighted by atomic mass is 9.55. The number of ether oxygens (including phenoxy) is 2. The molecule has 4 nitrogen and oxygen atoms in total. The maximum Gasteiger partial charge on any atom is 0.335 e. The SMILES string of the molecule is C=C(C)C(=O)OCOC1C2CC34CC(CC3CC14)C2=O. The minimum Gasteiger partial charge on any atom is -0.435 e. The molecule has 20 heavy (non-hydrogen) atoms. The maximum atomic E-state index is 12.4. The van der Waals surface area contributed by atoms with Crippen LogP contribution in [-0.2, 0) is 19.1 Å². The summed E-state index contributed by atoms with van der Waals surface area (Å²) in [5, 5.41) is 0. The zero-order chi connectivity index (χ0) is 14.1. The molecule has 3 bridgehead atoms. The van der Waals surface area contributed by atoms with Crippen molar-refractivity contribution in [2.45, 2.75) is 38.7 Å². The molecule has 108 valence electrons. The van der Waals surface area contributed by atoms with Gasteiger partial charge in [-0.25, -0.2) is 4.79 Å². The Bertz CT molecular complexity index is 511. The number of carbonyl (C=O) groups excluding carboxylic acids is 2. The molecule has 0 amide bonds. The van der Waals surface area contributed by atoms with Crippen LogP contribution in [0.1, 0.15) is 32.6 Å². The standard InChI is InChI=1S/C16H20O4/c1-8(2)15(18)20-7-19-14-11-6-16-5-9(13(11)17)3-10(16)4-12(14)16/h9-12,14H,1,3-7H2,2H3. The maximum absolute atomic E-state index is 12.4. The highest BCUT2D eigenvalue weighted by Gasteiger charge is 2.73. The molecule has 0 aromatic heterocycles. The average molecular weight is 276 g/mol. The van der Waals surface area contributed by atoms with E-state index in [0.29, 0.717) is 22.7 Å². The van der Waals surface area contributed by atoms with Crippen molar-refractivity contribution in [2.75, 3.05) is 6.79 Å². The highest BCUT2D eigenvalue weighted by molar-refractivity contribution is 5.87. The van der Waals surface area contributed by atoms with Gasteiger partial charge in [0.25, 0.3) is 0 Å². The fourth-order valence-corrected chi connectivity index (χ4v) is 5.42. The van der Waals surface area contributed by atoms with Crippen molar-refractivity contribution >= 4 is 11.8 Å². The van der Waals surface area contributed by atoms with Crippen LogP contribution in [0.2, 0.25) is 0 Å². The molecule has 4 saturated carbocycles. The monoisotopic (exact) mass is 276 g/mol. The zero-order valence-corrected chi connectivity index (χ0v) is 11.8. The average Bonchev–Trinajstić information content (AvgIpc) is 2.76. The van der Waals surface area contributed by atoms with Crippen molar-refractivity contribution < 1.29 is 19.1 Å². The third-order valence-corrected chi connectivity index (χ3v) is 6.25. The number of ketones is 1. The van der Waals surface area contributed by atoms with Gasteiger partial charge in [-0.2, -0.15) is 0 Å². The van der Waals surface area contributed by atoms with Gasteiger partial charge in [-0.3, -0.25) is 4.79 Å². The number of rotatable bonds is 4. The number of Topliss-reactive ketones (excluding diaryl/α,β-unsaturated/α-hetero) is 1. The van der Waals surface area contributed by atoms with Crippen molar-refractivity contribution in [3.63, 3.8) is 0 Å². The fraction of sp³-hybridized carbons (Fsp3) is 0.750. The van der Waals surface area contributed by atoms with E-state index < -0.39 is 5.97 Å². The van der Waals surface area contributed by atoms with E-state index in [1.54, 1.807) is 6.92 Å². The number of hydrogen-bond donors (Lipinski definition) is 0. The fourth-order valence-electron chi connectivity index (χ4n) is 5.42. The molecule has 0 aliphatic heterocycles. The Morgan fingerprint density at radius 1 is 1.40 bits per heavy atom. The van der Waals surface area contributed by atoms with Gasteiger partial charge in [0.05, 0.1) is 6.10 Å². The van der Waals surface area contributed by atoms with Crippen LogP contribution in [0.15, 0.2) is 12.2 Å². The first-order valence-corrected chi connectivity index (χ1v) is 7.51. The third-order valence-electron chi connectivity index (χ3n) is 6.25. The van der Waals surface area contributed by atoms with Crippen LogP contribution in [0.25, 0.3) is 0 Å². The molecule has 0 radical (unpaired) electrons. The molecule has 0 N–H and O–H groups in total. The topological polar surface area (TPSA) is 52.6 Å². The van der Waals surface area contributed by atoms with Crippen molar-refractivity contribution in [3.8, 4) is 0 Å². The first-order chi connectivity index (χ1) is 9.53. The summed E-state index contributed by atoms with van der Waals surface area (Å²) < 4.78 is 10.8. The van der Waals surface area contributed by atoms with Crippen molar-refractivity contribution in [1.82, 2.24) is 0 Å². The molecule has 4 rings (SSSR count). The van der Waals surface area contributed by atoms with E-state index in [-0.39, 0.29) is 24.7 Å². The predicted octanol–water partition coefficient (Wildman–Crippen LogP) is 2.08. The second kappa shape index (κ2) is 3.94. The highest BCUT2D eigenvalue weighted by Crippen LogP contribution is 2.74. The molecular weight excluding hydrogens is 256 g/mol. The summed E-state index contributed by atoms with van der Waals surface area (Å²) in [5.74, 6) is 1.57. The van der Waals surface area contributed by atoms with Gasteiger partial charge in [-0.05, 0) is 49.9 Å². The summed E-state index contributed by atoms with van der Waals surface area (Å²) in [6, 6.07) is 0. The molecule has 0 aromatic rings. The van der Waals surface area contributed by atoms with Gasteiger partial charge in [0, 0.05) is 17.4 Å². The molecule has 0 aromatic carbocycles. The van der Waals surface area contributed by atoms with Crippen LogP contribution < -0.4 is 0 Å². The summed E-state index contributed by atoms with van der Waals surface area (Å²) in [7, 11) is 0. The van der Waals surface area contributed by atoms with E-state index in [2.05, 4.69) is 6.58 Å². The van der Waals surface area contributed by atoms with Crippen molar-refractivity contribution in [2.24, 2.45) is 29.1 Å². The van der Waals surface area contributed by atoms with E-state index in [1.165, 1.54) is 6.42 Å². The van der Waals surface area contributed by atoms with Crippen LogP contribution in [0.4, 0.5) is 0 Å². The molecule has 0 saturated heterocycles. The Morgan fingerprint density at radius 3 is 2.95 bits per heavy atom. The number of esters is 1. The quantitative estimate of drug-likeness (QED) is 0.448. The summed E-state index contributed by atoms with van der Waals surface area (Å²) in [6.45, 7) is 5.10. The van der Waals surface area contributed by atoms with Gasteiger partial charge >= 0.3 is 5.97 Å². The Kier molecular flexibility index (Phi) is 2.48. The van der Waals surface area contributed by atoms with Gasteiger partial charge in [0.15, 0.2) is 6.79 Å². The molecular formula is C16H20O4. The predicted molar refractivity (Wildman–Crippen MR) is 70.5 cm³/mol. The molecule has 6 unspecified atom stereocenters. The summed E-state index contributed by atoms with van der Waals surface area (Å²) in [4.78, 5) is 23.8. The minimum absolute atomic E-state index is 0.0260. The van der Waals surface area contributed by atoms with Crippen LogP contribution >= 0.6 is 0 Å². The first-order valence-electron chi connectivity index (χ1n) is 7.51. The lowest BCUT2D eigenvalue weighted by molar-refractivity contribution is -0.168. The number of carbonyl (C=O) groups is 2. The first kappa shape index (κ1) is 12.6. The lowest BCUT2D eigenvalue weighted by Gasteiger charge is -2.50. The van der Waals surface area contributed by atoms with E-state index in [4.69, 9.17) is 9.47 Å². The largest absolute Gasteiger partial charge is 0.435 e.